The summed E-state index contributed by atoms with van der Waals surface area (Å²) in [4.78, 5) is 37.4. The lowest BCUT2D eigenvalue weighted by atomic mass is 9.98. The Bertz CT molecular complexity index is 2050. The van der Waals surface area contributed by atoms with Gasteiger partial charge in [-0.3, -0.25) is 14.3 Å². The molecule has 0 bridgehead atoms. The number of benzene rings is 3. The summed E-state index contributed by atoms with van der Waals surface area (Å²) in [7, 11) is 1.32. The first-order valence-electron chi connectivity index (χ1n) is 11.6. The van der Waals surface area contributed by atoms with E-state index in [-0.39, 0.29) is 10.9 Å². The van der Waals surface area contributed by atoms with Gasteiger partial charge < -0.3 is 9.72 Å². The summed E-state index contributed by atoms with van der Waals surface area (Å²) in [6.07, 6.45) is 2.81. The van der Waals surface area contributed by atoms with Gasteiger partial charge in [0.25, 0.3) is 5.56 Å². The lowest BCUT2D eigenvalue weighted by Gasteiger charge is -2.14. The van der Waals surface area contributed by atoms with Crippen LogP contribution in [-0.2, 0) is 4.74 Å². The molecule has 8 nitrogen and oxygen atoms in total. The second-order valence-corrected chi connectivity index (χ2v) is 8.76. The van der Waals surface area contributed by atoms with Gasteiger partial charge in [-0.2, -0.15) is 5.26 Å². The minimum Gasteiger partial charge on any atom is -0.465 e. The van der Waals surface area contributed by atoms with Crippen LogP contribution in [-0.4, -0.2) is 32.6 Å². The number of hydrogen-bond acceptors (Lipinski definition) is 6. The fourth-order valence-corrected chi connectivity index (χ4v) is 4.87. The lowest BCUT2D eigenvalue weighted by molar-refractivity contribution is 0.0601. The Labute approximate surface area is 214 Å². The molecular weight excluding hydrogens is 485 g/mol. The molecule has 3 aromatic heterocycles. The van der Waals surface area contributed by atoms with Crippen LogP contribution < -0.4 is 5.56 Å². The number of methoxy groups -OCH3 is 1. The topological polar surface area (TPSA) is 114 Å². The highest BCUT2D eigenvalue weighted by Crippen LogP contribution is 2.37. The Hall–Kier alpha value is -5.36. The molecule has 3 aromatic carbocycles. The van der Waals surface area contributed by atoms with Gasteiger partial charge in [0.15, 0.2) is 0 Å². The lowest BCUT2D eigenvalue weighted by Crippen LogP contribution is -2.20. The van der Waals surface area contributed by atoms with E-state index in [4.69, 9.17) is 4.74 Å². The number of fused-ring (bicyclic) bond motifs is 4. The zero-order valence-electron chi connectivity index (χ0n) is 20.2. The van der Waals surface area contributed by atoms with Crippen molar-refractivity contribution in [3.05, 3.63) is 100.0 Å². The van der Waals surface area contributed by atoms with Crippen molar-refractivity contribution in [2.24, 2.45) is 0 Å². The van der Waals surface area contributed by atoms with Gasteiger partial charge >= 0.3 is 5.97 Å². The number of para-hydroxylation sites is 1. The number of nitrogens with one attached hydrogen (secondary N) is 1. The Morgan fingerprint density at radius 2 is 1.92 bits per heavy atom. The zero-order valence-corrected chi connectivity index (χ0v) is 20.2. The number of nitriles is 1. The first kappa shape index (κ1) is 23.1. The maximum atomic E-state index is 14.2. The van der Waals surface area contributed by atoms with Crippen LogP contribution in [0.5, 0.6) is 0 Å². The highest BCUT2D eigenvalue weighted by atomic mass is 19.1. The maximum absolute atomic E-state index is 14.2. The molecule has 38 heavy (non-hydrogen) atoms. The van der Waals surface area contributed by atoms with Gasteiger partial charge in [-0.05, 0) is 42.8 Å². The molecule has 184 valence electrons. The van der Waals surface area contributed by atoms with Gasteiger partial charge in [0, 0.05) is 28.0 Å². The number of carbonyl (C=O) groups excluding carboxylic acids is 1. The number of ether oxygens (including phenoxy) is 1. The number of halogens is 1. The summed E-state index contributed by atoms with van der Waals surface area (Å²) >= 11 is 0. The number of carbonyl (C=O) groups is 1. The number of aromatic nitrogens is 4. The number of esters is 1. The number of nitrogens with zero attached hydrogens (tertiary/aromatic N) is 4. The summed E-state index contributed by atoms with van der Waals surface area (Å²) in [6.45, 7) is 1.86. The third-order valence-corrected chi connectivity index (χ3v) is 6.73. The molecule has 0 spiro atoms. The van der Waals surface area contributed by atoms with Gasteiger partial charge in [-0.25, -0.2) is 14.2 Å². The van der Waals surface area contributed by atoms with Crippen molar-refractivity contribution in [1.29, 1.82) is 5.26 Å². The summed E-state index contributed by atoms with van der Waals surface area (Å²) in [5, 5.41) is 11.4. The molecule has 0 unspecified atom stereocenters. The predicted molar refractivity (Wildman–Crippen MR) is 141 cm³/mol. The molecule has 0 saturated carbocycles. The maximum Gasteiger partial charge on any atom is 0.337 e. The number of rotatable bonds is 3. The molecule has 0 saturated heterocycles. The molecule has 6 aromatic rings. The molecule has 1 N–H and O–H groups in total. The van der Waals surface area contributed by atoms with Crippen molar-refractivity contribution >= 4 is 38.7 Å². The largest absolute Gasteiger partial charge is 0.465 e. The van der Waals surface area contributed by atoms with Crippen molar-refractivity contribution in [2.75, 3.05) is 7.11 Å². The van der Waals surface area contributed by atoms with Crippen LogP contribution in [0.4, 0.5) is 4.39 Å². The number of aromatic amines is 1. The molecule has 3 heterocycles. The van der Waals surface area contributed by atoms with E-state index in [1.807, 2.05) is 13.0 Å². The third kappa shape index (κ3) is 3.35. The Balaban J connectivity index is 1.61. The quantitative estimate of drug-likeness (QED) is 0.333. The second-order valence-electron chi connectivity index (χ2n) is 8.76. The van der Waals surface area contributed by atoms with Crippen molar-refractivity contribution in [2.45, 2.75) is 6.92 Å². The van der Waals surface area contributed by atoms with Crippen molar-refractivity contribution in [3.63, 3.8) is 0 Å². The highest BCUT2D eigenvalue weighted by molar-refractivity contribution is 6.15. The molecule has 0 aliphatic carbocycles. The third-order valence-electron chi connectivity index (χ3n) is 6.73. The fraction of sp³-hybridized carbons (Fsp3) is 0.0690. The molecular formula is C29H18FN5O3. The van der Waals surface area contributed by atoms with Crippen LogP contribution in [0.15, 0.2) is 71.9 Å². The zero-order chi connectivity index (χ0) is 26.6. The van der Waals surface area contributed by atoms with E-state index in [0.29, 0.717) is 38.9 Å². The highest BCUT2D eigenvalue weighted by Gasteiger charge is 2.20. The molecule has 0 amide bonds. The summed E-state index contributed by atoms with van der Waals surface area (Å²) in [6, 6.07) is 17.1. The van der Waals surface area contributed by atoms with Gasteiger partial charge in [0.2, 0.25) is 0 Å². The first-order chi connectivity index (χ1) is 18.4. The normalized spacial score (nSPS) is 11.2. The molecule has 9 heteroatoms. The molecule has 0 fully saturated rings. The van der Waals surface area contributed by atoms with Crippen LogP contribution in [0.25, 0.3) is 49.7 Å². The molecule has 0 aliphatic rings. The average molecular weight is 503 g/mol. The van der Waals surface area contributed by atoms with Crippen LogP contribution in [0.1, 0.15) is 21.5 Å². The minimum atomic E-state index is -0.559. The first-order valence-corrected chi connectivity index (χ1v) is 11.6. The average Bonchev–Trinajstić information content (AvgIpc) is 3.32. The SMILES string of the molecule is COC(=O)c1ccc2c(c1)[nH]c1c(C#N)cnc(-c3cccc(-n4cnc5c(F)cccc5c4=O)c3C)c12. The van der Waals surface area contributed by atoms with Crippen molar-refractivity contribution in [3.8, 4) is 23.0 Å². The monoisotopic (exact) mass is 503 g/mol. The van der Waals surface area contributed by atoms with Crippen LogP contribution in [0.2, 0.25) is 0 Å². The summed E-state index contributed by atoms with van der Waals surface area (Å²) in [5.74, 6) is -1.03. The van der Waals surface area contributed by atoms with E-state index >= 15 is 0 Å². The summed E-state index contributed by atoms with van der Waals surface area (Å²) in [5.41, 5.74) is 4.23. The van der Waals surface area contributed by atoms with E-state index in [0.717, 1.165) is 16.5 Å². The molecule has 0 radical (unpaired) electrons. The number of hydrogen-bond donors (Lipinski definition) is 1. The number of H-pyrrole nitrogens is 1. The van der Waals surface area contributed by atoms with Gasteiger partial charge in [-0.1, -0.05) is 24.3 Å². The predicted octanol–water partition coefficient (Wildman–Crippen LogP) is 5.19. The Morgan fingerprint density at radius 3 is 2.71 bits per heavy atom. The Morgan fingerprint density at radius 1 is 1.11 bits per heavy atom. The van der Waals surface area contributed by atoms with Gasteiger partial charge in [0.1, 0.15) is 23.7 Å². The molecule has 0 atom stereocenters. The van der Waals surface area contributed by atoms with Crippen LogP contribution in [0, 0.1) is 24.1 Å². The van der Waals surface area contributed by atoms with E-state index in [1.54, 1.807) is 36.4 Å². The minimum absolute atomic E-state index is 0.0168. The van der Waals surface area contributed by atoms with Crippen LogP contribution in [0.3, 0.4) is 0 Å². The number of pyridine rings is 1. The fourth-order valence-electron chi connectivity index (χ4n) is 4.87. The van der Waals surface area contributed by atoms with Crippen molar-refractivity contribution in [1.82, 2.24) is 19.5 Å². The molecule has 0 aliphatic heterocycles. The molecule has 6 rings (SSSR count). The second kappa shape index (κ2) is 8.64. The van der Waals surface area contributed by atoms with Crippen LogP contribution >= 0.6 is 0 Å². The van der Waals surface area contributed by atoms with E-state index in [9.17, 15) is 19.2 Å². The van der Waals surface area contributed by atoms with E-state index in [1.165, 1.54) is 36.3 Å². The van der Waals surface area contributed by atoms with E-state index < -0.39 is 17.3 Å². The standard InChI is InChI=1S/C29H18FN5O3/c1-15-18(5-4-8-23(15)35-14-33-26-20(28(35)36)6-3-7-21(26)30)27-24-19-10-9-16(29(37)38-2)11-22(19)34-25(24)17(12-31)13-32-27/h3-11,13-14,34H,1-2H3. The van der Waals surface area contributed by atoms with Gasteiger partial charge in [-0.15, -0.1) is 0 Å². The van der Waals surface area contributed by atoms with E-state index in [2.05, 4.69) is 21.0 Å². The van der Waals surface area contributed by atoms with Crippen molar-refractivity contribution < 1.29 is 13.9 Å². The van der Waals surface area contributed by atoms with Gasteiger partial charge in [0.05, 0.1) is 40.5 Å². The smallest absolute Gasteiger partial charge is 0.337 e. The Kier molecular flexibility index (Phi) is 5.24. The summed E-state index contributed by atoms with van der Waals surface area (Å²) < 4.78 is 20.4.